The Morgan fingerprint density at radius 1 is 1.05 bits per heavy atom. The van der Waals surface area contributed by atoms with Crippen molar-refractivity contribution < 1.29 is 19.7 Å². The van der Waals surface area contributed by atoms with Gasteiger partial charge in [0.1, 0.15) is 5.82 Å². The lowest BCUT2D eigenvalue weighted by atomic mass is 9.97. The standard InChI is InChI=1S/C13H11FO3.C2H6/c1-3-7-9(14)5-4-8-10(7)6(2)11(15)13(17)12(8)16;1-2/h3-5,15-17H,1H2,2H3;1-2H3. The molecule has 0 atom stereocenters. The van der Waals surface area contributed by atoms with Crippen LogP contribution in [0.25, 0.3) is 16.8 Å². The van der Waals surface area contributed by atoms with E-state index in [1.165, 1.54) is 25.1 Å². The maximum absolute atomic E-state index is 13.6. The summed E-state index contributed by atoms with van der Waals surface area (Å²) in [5, 5.41) is 29.4. The molecule has 2 aromatic carbocycles. The van der Waals surface area contributed by atoms with Gasteiger partial charge in [-0.3, -0.25) is 0 Å². The minimum Gasteiger partial charge on any atom is -0.504 e. The van der Waals surface area contributed by atoms with Gasteiger partial charge in [-0.05, 0) is 19.1 Å². The van der Waals surface area contributed by atoms with Crippen molar-refractivity contribution in [3.63, 3.8) is 0 Å². The van der Waals surface area contributed by atoms with E-state index >= 15 is 0 Å². The van der Waals surface area contributed by atoms with Crippen LogP contribution in [0.3, 0.4) is 0 Å². The van der Waals surface area contributed by atoms with Crippen molar-refractivity contribution in [2.45, 2.75) is 20.8 Å². The van der Waals surface area contributed by atoms with E-state index in [2.05, 4.69) is 6.58 Å². The molecule has 0 unspecified atom stereocenters. The first kappa shape index (κ1) is 14.8. The molecule has 102 valence electrons. The molecule has 0 aliphatic carbocycles. The van der Waals surface area contributed by atoms with Crippen molar-refractivity contribution >= 4 is 16.8 Å². The molecule has 0 amide bonds. The fourth-order valence-electron chi connectivity index (χ4n) is 1.93. The van der Waals surface area contributed by atoms with Crippen LogP contribution in [0.1, 0.15) is 25.0 Å². The van der Waals surface area contributed by atoms with Crippen molar-refractivity contribution in [2.24, 2.45) is 0 Å². The molecule has 19 heavy (non-hydrogen) atoms. The molecule has 2 rings (SSSR count). The van der Waals surface area contributed by atoms with Gasteiger partial charge in [-0.15, -0.1) is 0 Å². The highest BCUT2D eigenvalue weighted by atomic mass is 19.1. The lowest BCUT2D eigenvalue weighted by molar-refractivity contribution is 0.369. The summed E-state index contributed by atoms with van der Waals surface area (Å²) in [5.41, 5.74) is 0.482. The molecular formula is C15H17FO3. The summed E-state index contributed by atoms with van der Waals surface area (Å²) in [6.45, 7) is 9.03. The van der Waals surface area contributed by atoms with Crippen molar-refractivity contribution in [1.82, 2.24) is 0 Å². The van der Waals surface area contributed by atoms with Crippen LogP contribution in [-0.4, -0.2) is 15.3 Å². The van der Waals surface area contributed by atoms with Crippen LogP contribution in [0, 0.1) is 12.7 Å². The van der Waals surface area contributed by atoms with E-state index in [4.69, 9.17) is 0 Å². The smallest absolute Gasteiger partial charge is 0.201 e. The maximum atomic E-state index is 13.6. The van der Waals surface area contributed by atoms with Crippen LogP contribution in [-0.2, 0) is 0 Å². The van der Waals surface area contributed by atoms with Crippen LogP contribution in [0.15, 0.2) is 18.7 Å². The predicted octanol–water partition coefficient (Wildman–Crippen LogP) is 4.07. The van der Waals surface area contributed by atoms with Gasteiger partial charge in [0.2, 0.25) is 5.75 Å². The Morgan fingerprint density at radius 2 is 1.63 bits per heavy atom. The van der Waals surface area contributed by atoms with Gasteiger partial charge < -0.3 is 15.3 Å². The third-order valence-electron chi connectivity index (χ3n) is 2.83. The number of rotatable bonds is 1. The SMILES string of the molecule is C=Cc1c(F)ccc2c(O)c(O)c(O)c(C)c12.CC. The highest BCUT2D eigenvalue weighted by Crippen LogP contribution is 2.45. The van der Waals surface area contributed by atoms with Crippen molar-refractivity contribution in [3.05, 3.63) is 35.7 Å². The first-order valence-electron chi connectivity index (χ1n) is 5.97. The molecule has 0 radical (unpaired) electrons. The molecule has 0 bridgehead atoms. The lowest BCUT2D eigenvalue weighted by Crippen LogP contribution is -1.90. The Hall–Kier alpha value is -2.23. The van der Waals surface area contributed by atoms with Crippen LogP contribution >= 0.6 is 0 Å². The zero-order valence-electron chi connectivity index (χ0n) is 11.2. The van der Waals surface area contributed by atoms with Gasteiger partial charge in [0.05, 0.1) is 0 Å². The second-order valence-electron chi connectivity index (χ2n) is 3.76. The van der Waals surface area contributed by atoms with Crippen molar-refractivity contribution in [1.29, 1.82) is 0 Å². The molecule has 3 nitrogen and oxygen atoms in total. The molecule has 2 aromatic rings. The largest absolute Gasteiger partial charge is 0.504 e. The summed E-state index contributed by atoms with van der Waals surface area (Å²) in [6, 6.07) is 2.52. The summed E-state index contributed by atoms with van der Waals surface area (Å²) in [7, 11) is 0. The first-order valence-corrected chi connectivity index (χ1v) is 5.97. The summed E-state index contributed by atoms with van der Waals surface area (Å²) in [5.74, 6) is -2.02. The molecule has 3 N–H and O–H groups in total. The fourth-order valence-corrected chi connectivity index (χ4v) is 1.93. The predicted molar refractivity (Wildman–Crippen MR) is 75.1 cm³/mol. The Kier molecular flexibility index (Phi) is 4.38. The van der Waals surface area contributed by atoms with E-state index < -0.39 is 23.1 Å². The molecule has 0 saturated carbocycles. The number of benzene rings is 2. The van der Waals surface area contributed by atoms with Gasteiger partial charge in [0.15, 0.2) is 11.5 Å². The number of hydrogen-bond acceptors (Lipinski definition) is 3. The van der Waals surface area contributed by atoms with E-state index in [1.54, 1.807) is 0 Å². The average Bonchev–Trinajstić information content (AvgIpc) is 2.44. The summed E-state index contributed by atoms with van der Waals surface area (Å²) >= 11 is 0. The third-order valence-corrected chi connectivity index (χ3v) is 2.83. The summed E-state index contributed by atoms with van der Waals surface area (Å²) in [4.78, 5) is 0. The van der Waals surface area contributed by atoms with Crippen LogP contribution in [0.5, 0.6) is 17.2 Å². The number of aryl methyl sites for hydroxylation is 1. The number of fused-ring (bicyclic) bond motifs is 1. The van der Waals surface area contributed by atoms with Gasteiger partial charge in [-0.25, -0.2) is 4.39 Å². The van der Waals surface area contributed by atoms with E-state index in [0.29, 0.717) is 10.9 Å². The molecule has 0 spiro atoms. The Balaban J connectivity index is 0.000000861. The normalized spacial score (nSPS) is 9.89. The second-order valence-corrected chi connectivity index (χ2v) is 3.76. The maximum Gasteiger partial charge on any atom is 0.201 e. The third kappa shape index (κ3) is 2.21. The van der Waals surface area contributed by atoms with Gasteiger partial charge in [0, 0.05) is 21.9 Å². The Morgan fingerprint density at radius 3 is 2.16 bits per heavy atom. The number of hydrogen-bond donors (Lipinski definition) is 3. The van der Waals surface area contributed by atoms with Crippen LogP contribution in [0.4, 0.5) is 4.39 Å². The van der Waals surface area contributed by atoms with Crippen LogP contribution in [0.2, 0.25) is 0 Å². The average molecular weight is 264 g/mol. The topological polar surface area (TPSA) is 60.7 Å². The molecule has 0 fully saturated rings. The monoisotopic (exact) mass is 264 g/mol. The number of phenols is 3. The second kappa shape index (κ2) is 5.61. The van der Waals surface area contributed by atoms with Gasteiger partial charge in [0.25, 0.3) is 0 Å². The minimum absolute atomic E-state index is 0.186. The zero-order chi connectivity index (χ0) is 14.7. The van der Waals surface area contributed by atoms with Gasteiger partial charge in [-0.2, -0.15) is 0 Å². The van der Waals surface area contributed by atoms with E-state index in [-0.39, 0.29) is 10.9 Å². The van der Waals surface area contributed by atoms with Crippen molar-refractivity contribution in [2.75, 3.05) is 0 Å². The minimum atomic E-state index is -0.600. The van der Waals surface area contributed by atoms with E-state index in [0.717, 1.165) is 0 Å². The summed E-state index contributed by atoms with van der Waals surface area (Å²) in [6.07, 6.45) is 1.31. The van der Waals surface area contributed by atoms with Gasteiger partial charge in [-0.1, -0.05) is 26.5 Å². The fraction of sp³-hybridized carbons (Fsp3) is 0.200. The number of phenolic OH excluding ortho intramolecular Hbond substituents is 3. The lowest BCUT2D eigenvalue weighted by Gasteiger charge is -2.12. The molecule has 4 heteroatoms. The Bertz CT molecular complexity index is 633. The van der Waals surface area contributed by atoms with E-state index in [1.807, 2.05) is 13.8 Å². The van der Waals surface area contributed by atoms with Gasteiger partial charge >= 0.3 is 0 Å². The van der Waals surface area contributed by atoms with Crippen molar-refractivity contribution in [3.8, 4) is 17.2 Å². The molecule has 0 aliphatic rings. The Labute approximate surface area is 111 Å². The number of halogens is 1. The molecule has 0 saturated heterocycles. The van der Waals surface area contributed by atoms with Crippen LogP contribution < -0.4 is 0 Å². The zero-order valence-corrected chi connectivity index (χ0v) is 11.2. The molecule has 0 aromatic heterocycles. The molecule has 0 heterocycles. The quantitative estimate of drug-likeness (QED) is 0.680. The van der Waals surface area contributed by atoms with E-state index in [9.17, 15) is 19.7 Å². The highest BCUT2D eigenvalue weighted by Gasteiger charge is 2.18. The first-order chi connectivity index (χ1) is 8.99. The molecular weight excluding hydrogens is 247 g/mol. The molecule has 0 aliphatic heterocycles. The number of aromatic hydroxyl groups is 3. The summed E-state index contributed by atoms with van der Waals surface area (Å²) < 4.78 is 13.6. The highest BCUT2D eigenvalue weighted by molar-refractivity contribution is 6.00.